The quantitative estimate of drug-likeness (QED) is 0.308. The van der Waals surface area contributed by atoms with Crippen LogP contribution in [-0.2, 0) is 6.42 Å². The van der Waals surface area contributed by atoms with E-state index in [9.17, 15) is 14.9 Å². The Labute approximate surface area is 214 Å². The second-order valence-corrected chi connectivity index (χ2v) is 10.1. The molecule has 1 atom stereocenters. The van der Waals surface area contributed by atoms with E-state index < -0.39 is 4.92 Å². The summed E-state index contributed by atoms with van der Waals surface area (Å²) in [5, 5.41) is 11.8. The zero-order valence-electron chi connectivity index (χ0n) is 19.4. The van der Waals surface area contributed by atoms with Crippen molar-refractivity contribution in [3.63, 3.8) is 0 Å². The fourth-order valence-electron chi connectivity index (χ4n) is 5.32. The van der Waals surface area contributed by atoms with E-state index in [1.54, 1.807) is 16.7 Å². The lowest BCUT2D eigenvalue weighted by Gasteiger charge is -2.30. The van der Waals surface area contributed by atoms with Crippen LogP contribution in [0.3, 0.4) is 0 Å². The number of thiazole rings is 1. The molecule has 3 aromatic carbocycles. The normalized spacial score (nSPS) is 17.6. The summed E-state index contributed by atoms with van der Waals surface area (Å²) >= 11 is 1.24. The molecule has 1 aromatic heterocycles. The summed E-state index contributed by atoms with van der Waals surface area (Å²) < 4.78 is 12.8. The summed E-state index contributed by atoms with van der Waals surface area (Å²) in [5.41, 5.74) is 5.27. The molecule has 37 heavy (non-hydrogen) atoms. The van der Waals surface area contributed by atoms with Gasteiger partial charge in [0, 0.05) is 5.56 Å². The van der Waals surface area contributed by atoms with Crippen molar-refractivity contribution in [3.05, 3.63) is 124 Å². The van der Waals surface area contributed by atoms with Crippen LogP contribution in [0.4, 0.5) is 5.69 Å². The molecule has 0 saturated heterocycles. The number of nitrogens with zero attached hydrogens (tertiary/aromatic N) is 3. The number of aromatic nitrogens is 1. The van der Waals surface area contributed by atoms with Gasteiger partial charge in [-0.3, -0.25) is 19.5 Å². The number of hydrogen-bond acceptors (Lipinski definition) is 7. The van der Waals surface area contributed by atoms with E-state index in [1.165, 1.54) is 23.0 Å². The first-order valence-corrected chi connectivity index (χ1v) is 12.7. The lowest BCUT2D eigenvalue weighted by molar-refractivity contribution is -0.385. The van der Waals surface area contributed by atoms with Crippen molar-refractivity contribution in [1.82, 2.24) is 4.57 Å². The third kappa shape index (κ3) is 3.42. The van der Waals surface area contributed by atoms with Gasteiger partial charge in [0.15, 0.2) is 16.3 Å². The van der Waals surface area contributed by atoms with Crippen LogP contribution in [0.5, 0.6) is 11.5 Å². The highest BCUT2D eigenvalue weighted by Gasteiger charge is 2.32. The van der Waals surface area contributed by atoms with Gasteiger partial charge in [0.25, 0.3) is 11.2 Å². The van der Waals surface area contributed by atoms with Crippen molar-refractivity contribution in [1.29, 1.82) is 0 Å². The largest absolute Gasteiger partial charge is 0.454 e. The monoisotopic (exact) mass is 509 g/mol. The molecular weight excluding hydrogens is 490 g/mol. The van der Waals surface area contributed by atoms with Gasteiger partial charge < -0.3 is 9.47 Å². The number of ether oxygens (including phenoxy) is 2. The molecule has 9 heteroatoms. The smallest absolute Gasteiger partial charge is 0.280 e. The van der Waals surface area contributed by atoms with Crippen LogP contribution in [-0.4, -0.2) is 16.3 Å². The minimum atomic E-state index is -0.479. The Bertz CT molecular complexity index is 1820. The molecule has 0 amide bonds. The third-order valence-corrected chi connectivity index (χ3v) is 7.98. The van der Waals surface area contributed by atoms with Crippen molar-refractivity contribution in [2.24, 2.45) is 4.99 Å². The summed E-state index contributed by atoms with van der Waals surface area (Å²) in [7, 11) is 0. The molecule has 0 fully saturated rings. The van der Waals surface area contributed by atoms with Gasteiger partial charge in [-0.2, -0.15) is 0 Å². The van der Waals surface area contributed by atoms with E-state index in [0.717, 1.165) is 35.2 Å². The Kier molecular flexibility index (Phi) is 4.87. The summed E-state index contributed by atoms with van der Waals surface area (Å²) in [6, 6.07) is 20.8. The Hall–Kier alpha value is -4.50. The first kappa shape index (κ1) is 21.8. The van der Waals surface area contributed by atoms with E-state index in [1.807, 2.05) is 42.5 Å². The Balaban J connectivity index is 1.48. The fourth-order valence-corrected chi connectivity index (χ4v) is 6.31. The number of nitro groups is 1. The number of rotatable bonds is 3. The maximum absolute atomic E-state index is 13.9. The zero-order valence-corrected chi connectivity index (χ0v) is 20.2. The van der Waals surface area contributed by atoms with Gasteiger partial charge in [-0.1, -0.05) is 65.9 Å². The van der Waals surface area contributed by atoms with E-state index in [4.69, 9.17) is 14.5 Å². The summed E-state index contributed by atoms with van der Waals surface area (Å²) in [6.07, 6.45) is 3.23. The molecule has 0 radical (unpaired) electrons. The Morgan fingerprint density at radius 2 is 1.78 bits per heavy atom. The highest BCUT2D eigenvalue weighted by Crippen LogP contribution is 2.41. The summed E-state index contributed by atoms with van der Waals surface area (Å²) in [6.45, 7) is 0.00221. The van der Waals surface area contributed by atoms with E-state index in [0.29, 0.717) is 20.8 Å². The molecule has 0 saturated carbocycles. The number of nitro benzene ring substituents is 1. The van der Waals surface area contributed by atoms with Crippen LogP contribution in [0, 0.1) is 10.1 Å². The van der Waals surface area contributed by atoms with Crippen LogP contribution in [0.1, 0.15) is 34.7 Å². The predicted molar refractivity (Wildman–Crippen MR) is 138 cm³/mol. The summed E-state index contributed by atoms with van der Waals surface area (Å²) in [5.74, 6) is 0.736. The highest BCUT2D eigenvalue weighted by atomic mass is 32.1. The van der Waals surface area contributed by atoms with E-state index in [-0.39, 0.29) is 29.6 Å². The number of benzene rings is 3. The standard InChI is InChI=1S/C28H19N3O5S/c32-27-24(13-18-12-22-23(36-15-35-22)14-21(18)31(33)34)37-28-29-25-19-9-5-4-6-16(19)10-11-20(25)26(30(27)28)17-7-2-1-3-8-17/h1-9,12-14,26H,10-11,15H2/b24-13+/t26-/m0/s1. The van der Waals surface area contributed by atoms with Crippen molar-refractivity contribution in [2.75, 3.05) is 6.79 Å². The lowest BCUT2D eigenvalue weighted by atomic mass is 9.83. The van der Waals surface area contributed by atoms with Gasteiger partial charge in [0.1, 0.15) is 0 Å². The molecule has 0 spiro atoms. The SMILES string of the molecule is O=c1/c(=C\c2cc3c(cc2[N+](=O)[O-])OCO3)sc2n1[C@@H](c1ccccc1)C1=C(N=2)c2ccccc2CC1. The molecule has 3 heterocycles. The van der Waals surface area contributed by atoms with Gasteiger partial charge in [-0.05, 0) is 41.7 Å². The van der Waals surface area contributed by atoms with Crippen LogP contribution in [0.15, 0.2) is 82.1 Å². The van der Waals surface area contributed by atoms with Crippen LogP contribution in [0.25, 0.3) is 11.8 Å². The first-order valence-electron chi connectivity index (χ1n) is 11.8. The number of hydrogen-bond donors (Lipinski definition) is 0. The zero-order chi connectivity index (χ0) is 25.1. The van der Waals surface area contributed by atoms with Crippen molar-refractivity contribution in [2.45, 2.75) is 18.9 Å². The van der Waals surface area contributed by atoms with Crippen LogP contribution >= 0.6 is 11.3 Å². The first-order chi connectivity index (χ1) is 18.1. The Morgan fingerprint density at radius 3 is 2.59 bits per heavy atom. The molecule has 3 aliphatic rings. The minimum Gasteiger partial charge on any atom is -0.454 e. The second kappa shape index (κ2) is 8.28. The maximum Gasteiger partial charge on any atom is 0.280 e. The molecule has 0 N–H and O–H groups in total. The molecular formula is C28H19N3O5S. The fraction of sp³-hybridized carbons (Fsp3) is 0.143. The average molecular weight is 510 g/mol. The molecule has 0 bridgehead atoms. The molecule has 7 rings (SSSR count). The molecule has 1 aliphatic carbocycles. The molecule has 4 aromatic rings. The van der Waals surface area contributed by atoms with Gasteiger partial charge in [-0.15, -0.1) is 0 Å². The third-order valence-electron chi connectivity index (χ3n) is 6.99. The Morgan fingerprint density at radius 1 is 1.03 bits per heavy atom. The van der Waals surface area contributed by atoms with E-state index >= 15 is 0 Å². The van der Waals surface area contributed by atoms with Crippen molar-refractivity contribution < 1.29 is 14.4 Å². The number of aryl methyl sites for hydroxylation is 1. The van der Waals surface area contributed by atoms with Crippen molar-refractivity contribution >= 4 is 28.8 Å². The van der Waals surface area contributed by atoms with Crippen molar-refractivity contribution in [3.8, 4) is 11.5 Å². The van der Waals surface area contributed by atoms with E-state index in [2.05, 4.69) is 12.1 Å². The molecule has 8 nitrogen and oxygen atoms in total. The number of fused-ring (bicyclic) bond motifs is 4. The molecule has 2 aliphatic heterocycles. The lowest BCUT2D eigenvalue weighted by Crippen LogP contribution is -2.38. The van der Waals surface area contributed by atoms with Crippen LogP contribution in [0.2, 0.25) is 0 Å². The highest BCUT2D eigenvalue weighted by molar-refractivity contribution is 7.07. The second-order valence-electron chi connectivity index (χ2n) is 9.05. The maximum atomic E-state index is 13.9. The summed E-state index contributed by atoms with van der Waals surface area (Å²) in [4.78, 5) is 30.7. The van der Waals surface area contributed by atoms with Gasteiger partial charge >= 0.3 is 0 Å². The van der Waals surface area contributed by atoms with Gasteiger partial charge in [0.2, 0.25) is 6.79 Å². The number of allylic oxidation sites excluding steroid dienone is 1. The topological polar surface area (TPSA) is 96.0 Å². The van der Waals surface area contributed by atoms with Gasteiger partial charge in [-0.25, -0.2) is 4.99 Å². The molecule has 0 unspecified atom stereocenters. The van der Waals surface area contributed by atoms with Crippen LogP contribution < -0.4 is 24.4 Å². The predicted octanol–water partition coefficient (Wildman–Crippen LogP) is 3.96. The average Bonchev–Trinajstić information content (AvgIpc) is 3.51. The minimum absolute atomic E-state index is 0.00221. The van der Waals surface area contributed by atoms with Gasteiger partial charge in [0.05, 0.1) is 32.8 Å². The molecule has 182 valence electrons.